The molecule has 0 N–H and O–H groups in total. The van der Waals surface area contributed by atoms with Crippen molar-refractivity contribution >= 4 is 25.8 Å². The van der Waals surface area contributed by atoms with Crippen LogP contribution in [0.3, 0.4) is 0 Å². The maximum absolute atomic E-state index is 12.4. The summed E-state index contributed by atoms with van der Waals surface area (Å²) in [5.74, 6) is 0.925. The number of hydrogen-bond donors (Lipinski definition) is 0. The van der Waals surface area contributed by atoms with Gasteiger partial charge in [-0.2, -0.15) is 0 Å². The van der Waals surface area contributed by atoms with E-state index in [4.69, 9.17) is 0 Å². The summed E-state index contributed by atoms with van der Waals surface area (Å²) in [7, 11) is -6.34. The van der Waals surface area contributed by atoms with Crippen LogP contribution in [0.2, 0.25) is 0 Å². The van der Waals surface area contributed by atoms with Crippen molar-refractivity contribution in [2.24, 2.45) is 9.69 Å². The summed E-state index contributed by atoms with van der Waals surface area (Å²) in [5.41, 5.74) is 0. The summed E-state index contributed by atoms with van der Waals surface area (Å²) in [6, 6.07) is -0.0253. The Labute approximate surface area is 126 Å². The molecule has 0 saturated carbocycles. The molecule has 0 aromatic heterocycles. The van der Waals surface area contributed by atoms with Crippen molar-refractivity contribution < 1.29 is 17.4 Å². The molecule has 2 amide bonds. The van der Waals surface area contributed by atoms with Crippen LogP contribution in [-0.2, 0) is 19.8 Å². The molecule has 0 unspecified atom stereocenters. The van der Waals surface area contributed by atoms with Crippen LogP contribution >= 0.6 is 0 Å². The van der Waals surface area contributed by atoms with E-state index >= 15 is 0 Å². The lowest BCUT2D eigenvalue weighted by Crippen LogP contribution is -2.51. The van der Waals surface area contributed by atoms with Gasteiger partial charge in [-0.1, -0.05) is 6.92 Å². The molecule has 0 aromatic rings. The molecule has 9 heteroatoms. The molecule has 2 fully saturated rings. The summed E-state index contributed by atoms with van der Waals surface area (Å²) in [6.07, 6.45) is 2.98. The third kappa shape index (κ3) is 4.57. The molecule has 122 valence electrons. The largest absolute Gasteiger partial charge is 0.325 e. The summed E-state index contributed by atoms with van der Waals surface area (Å²) >= 11 is 0. The van der Waals surface area contributed by atoms with E-state index in [0.717, 1.165) is 32.2 Å². The summed E-state index contributed by atoms with van der Waals surface area (Å²) in [6.45, 7) is 4.33. The van der Waals surface area contributed by atoms with Crippen molar-refractivity contribution in [3.63, 3.8) is 0 Å². The number of piperidine rings is 1. The van der Waals surface area contributed by atoms with Crippen molar-refractivity contribution in [3.8, 4) is 0 Å². The van der Waals surface area contributed by atoms with Crippen LogP contribution < -0.4 is 0 Å². The lowest BCUT2D eigenvalue weighted by Gasteiger charge is -2.36. The highest BCUT2D eigenvalue weighted by Gasteiger charge is 2.29. The molecule has 21 heavy (non-hydrogen) atoms. The van der Waals surface area contributed by atoms with Gasteiger partial charge in [0.25, 0.3) is 10.0 Å². The summed E-state index contributed by atoms with van der Waals surface area (Å²) in [5, 5.41) is 0. The van der Waals surface area contributed by atoms with E-state index in [1.165, 1.54) is 0 Å². The highest BCUT2D eigenvalue weighted by molar-refractivity contribution is 8.03. The third-order valence-electron chi connectivity index (χ3n) is 3.96. The molecule has 2 rings (SSSR count). The number of carbonyl (C=O) groups is 1. The molecule has 0 aromatic carbocycles. The van der Waals surface area contributed by atoms with E-state index < -0.39 is 19.8 Å². The highest BCUT2D eigenvalue weighted by Crippen LogP contribution is 2.18. The van der Waals surface area contributed by atoms with Crippen LogP contribution in [0.5, 0.6) is 0 Å². The van der Waals surface area contributed by atoms with E-state index in [2.05, 4.69) is 10.7 Å². The van der Waals surface area contributed by atoms with Gasteiger partial charge in [-0.25, -0.2) is 17.4 Å². The van der Waals surface area contributed by atoms with E-state index in [0.29, 0.717) is 19.0 Å². The lowest BCUT2D eigenvalue weighted by atomic mass is 10.00. The number of hydrogen-bond acceptors (Lipinski definition) is 4. The van der Waals surface area contributed by atoms with Crippen molar-refractivity contribution in [1.82, 2.24) is 9.80 Å². The Morgan fingerprint density at radius 2 is 1.57 bits per heavy atom. The van der Waals surface area contributed by atoms with E-state index in [9.17, 15) is 17.4 Å². The predicted molar refractivity (Wildman–Crippen MR) is 82.1 cm³/mol. The molecule has 7 nitrogen and oxygen atoms in total. The molecule has 0 radical (unpaired) electrons. The molecular weight excluding hydrogens is 314 g/mol. The van der Waals surface area contributed by atoms with Crippen molar-refractivity contribution in [3.05, 3.63) is 0 Å². The Morgan fingerprint density at radius 3 is 2.05 bits per heavy atom. The third-order valence-corrected chi connectivity index (χ3v) is 7.77. The van der Waals surface area contributed by atoms with Gasteiger partial charge in [-0.3, -0.25) is 0 Å². The molecule has 2 saturated heterocycles. The number of nitrogens with zero attached hydrogens (tertiary/aromatic N) is 3. The SMILES string of the molecule is CC1CCN(C(=O)N2CCS(=O)(=NS(C)(=O)=O)CC2)CC1. The second kappa shape index (κ2) is 6.12. The van der Waals surface area contributed by atoms with Crippen LogP contribution in [0.15, 0.2) is 3.77 Å². The fourth-order valence-electron chi connectivity index (χ4n) is 2.63. The minimum atomic E-state index is -3.61. The first kappa shape index (κ1) is 16.5. The lowest BCUT2D eigenvalue weighted by molar-refractivity contribution is 0.138. The fraction of sp³-hybridized carbons (Fsp3) is 0.917. The smallest absolute Gasteiger partial charge is 0.320 e. The van der Waals surface area contributed by atoms with Gasteiger partial charge in [-0.15, -0.1) is 3.77 Å². The first-order valence-electron chi connectivity index (χ1n) is 7.16. The van der Waals surface area contributed by atoms with Gasteiger partial charge in [0.05, 0.1) is 27.5 Å². The van der Waals surface area contributed by atoms with Crippen LogP contribution in [0.4, 0.5) is 4.79 Å². The number of urea groups is 1. The summed E-state index contributed by atoms with van der Waals surface area (Å²) < 4.78 is 38.1. The van der Waals surface area contributed by atoms with E-state index in [1.54, 1.807) is 4.90 Å². The van der Waals surface area contributed by atoms with Gasteiger partial charge >= 0.3 is 6.03 Å². The first-order valence-corrected chi connectivity index (χ1v) is 10.9. The average Bonchev–Trinajstić information content (AvgIpc) is 2.37. The van der Waals surface area contributed by atoms with Crippen molar-refractivity contribution in [2.45, 2.75) is 19.8 Å². The first-order chi connectivity index (χ1) is 9.69. The zero-order chi connectivity index (χ0) is 15.7. The minimum absolute atomic E-state index is 0.0253. The normalized spacial score (nSPS) is 23.9. The second-order valence-electron chi connectivity index (χ2n) is 5.93. The predicted octanol–water partition coefficient (Wildman–Crippen LogP) is 0.582. The van der Waals surface area contributed by atoms with Crippen molar-refractivity contribution in [1.29, 1.82) is 0 Å². The Hall–Kier alpha value is -0.830. The van der Waals surface area contributed by atoms with Gasteiger partial charge in [0.2, 0.25) is 0 Å². The van der Waals surface area contributed by atoms with Crippen molar-refractivity contribution in [2.75, 3.05) is 43.9 Å². The average molecular weight is 337 g/mol. The molecule has 2 aliphatic heterocycles. The molecule has 0 spiro atoms. The zero-order valence-electron chi connectivity index (χ0n) is 12.5. The fourth-order valence-corrected chi connectivity index (χ4v) is 6.42. The maximum Gasteiger partial charge on any atom is 0.320 e. The molecule has 0 bridgehead atoms. The van der Waals surface area contributed by atoms with Gasteiger partial charge in [0.15, 0.2) is 0 Å². The molecule has 2 heterocycles. The van der Waals surface area contributed by atoms with E-state index in [-0.39, 0.29) is 17.5 Å². The Kier molecular flexibility index (Phi) is 4.82. The standard InChI is InChI=1S/C12H23N3O4S2/c1-11-3-5-14(6-4-11)12(16)15-7-9-21(19,10-8-15)13-20(2,17)18/h11H,3-10H2,1-2H3. The highest BCUT2D eigenvalue weighted by atomic mass is 32.3. The molecule has 0 atom stereocenters. The number of amides is 2. The van der Waals surface area contributed by atoms with Gasteiger partial charge in [0.1, 0.15) is 0 Å². The van der Waals surface area contributed by atoms with Crippen LogP contribution in [0.25, 0.3) is 0 Å². The number of carbonyl (C=O) groups excluding carboxylic acids is 1. The van der Waals surface area contributed by atoms with Crippen LogP contribution in [0.1, 0.15) is 19.8 Å². The van der Waals surface area contributed by atoms with Gasteiger partial charge < -0.3 is 9.80 Å². The monoisotopic (exact) mass is 337 g/mol. The number of rotatable bonds is 1. The Bertz CT molecular complexity index is 600. The Morgan fingerprint density at radius 1 is 1.10 bits per heavy atom. The summed E-state index contributed by atoms with van der Waals surface area (Å²) in [4.78, 5) is 15.9. The number of sulfonamides is 1. The van der Waals surface area contributed by atoms with E-state index in [1.807, 2.05) is 4.90 Å². The quantitative estimate of drug-likeness (QED) is 0.700. The van der Waals surface area contributed by atoms with Crippen LogP contribution in [-0.4, -0.2) is 72.4 Å². The van der Waals surface area contributed by atoms with Crippen LogP contribution in [0, 0.1) is 5.92 Å². The molecule has 2 aliphatic rings. The topological polar surface area (TPSA) is 87.1 Å². The zero-order valence-corrected chi connectivity index (χ0v) is 14.2. The van der Waals surface area contributed by atoms with Gasteiger partial charge in [0, 0.05) is 26.2 Å². The molecule has 0 aliphatic carbocycles. The maximum atomic E-state index is 12.4. The Balaban J connectivity index is 1.97. The minimum Gasteiger partial charge on any atom is -0.325 e. The molecular formula is C12H23N3O4S2. The van der Waals surface area contributed by atoms with Gasteiger partial charge in [-0.05, 0) is 18.8 Å². The second-order valence-corrected chi connectivity index (χ2v) is 10.4. The number of likely N-dealkylation sites (tertiary alicyclic amines) is 1.